The number of nitrogens with zero attached hydrogens (tertiary/aromatic N) is 1. The average Bonchev–Trinajstić information content (AvgIpc) is 2.62. The molecule has 0 N–H and O–H groups in total. The fraction of sp³-hybridized carbons (Fsp3) is 0.158. The minimum Gasteiger partial charge on any atom is -0.452 e. The summed E-state index contributed by atoms with van der Waals surface area (Å²) in [5.74, 6) is -1.38. The van der Waals surface area contributed by atoms with Crippen LogP contribution in [-0.2, 0) is 20.9 Å². The molecule has 7 heteroatoms. The predicted octanol–water partition coefficient (Wildman–Crippen LogP) is 4.35. The standard InChI is InChI=1S/C19H16Cl2FNO3/c1-23(11-14-4-8-16(20)17(21)10-14)18(24)12-26-19(25)9-5-13-2-6-15(22)7-3-13/h2-10H,11-12H2,1H3/b9-5+. The summed E-state index contributed by atoms with van der Waals surface area (Å²) >= 11 is 11.8. The second-order valence-electron chi connectivity index (χ2n) is 5.49. The summed E-state index contributed by atoms with van der Waals surface area (Å²) in [7, 11) is 1.59. The molecular formula is C19H16Cl2FNO3. The van der Waals surface area contributed by atoms with Crippen LogP contribution in [0.25, 0.3) is 6.08 Å². The number of carbonyl (C=O) groups is 2. The second-order valence-corrected chi connectivity index (χ2v) is 6.31. The topological polar surface area (TPSA) is 46.6 Å². The van der Waals surface area contributed by atoms with Gasteiger partial charge in [-0.25, -0.2) is 9.18 Å². The highest BCUT2D eigenvalue weighted by molar-refractivity contribution is 6.42. The lowest BCUT2D eigenvalue weighted by Gasteiger charge is -2.17. The fourth-order valence-corrected chi connectivity index (χ4v) is 2.35. The first-order valence-electron chi connectivity index (χ1n) is 7.63. The number of halogens is 3. The molecule has 0 bridgehead atoms. The van der Waals surface area contributed by atoms with Gasteiger partial charge >= 0.3 is 5.97 Å². The summed E-state index contributed by atoms with van der Waals surface area (Å²) in [6, 6.07) is 10.7. The Bertz CT molecular complexity index is 822. The molecule has 0 saturated heterocycles. The van der Waals surface area contributed by atoms with Crippen molar-refractivity contribution in [1.29, 1.82) is 0 Å². The van der Waals surface area contributed by atoms with Crippen LogP contribution in [0.4, 0.5) is 4.39 Å². The maximum atomic E-state index is 12.8. The van der Waals surface area contributed by atoms with Crippen molar-refractivity contribution in [2.75, 3.05) is 13.7 Å². The minimum absolute atomic E-state index is 0.304. The van der Waals surface area contributed by atoms with Gasteiger partial charge in [0.05, 0.1) is 10.0 Å². The molecule has 0 fully saturated rings. The van der Waals surface area contributed by atoms with Gasteiger partial charge in [-0.05, 0) is 41.5 Å². The molecule has 0 atom stereocenters. The van der Waals surface area contributed by atoms with Crippen molar-refractivity contribution in [3.63, 3.8) is 0 Å². The number of rotatable bonds is 6. The molecule has 0 unspecified atom stereocenters. The molecule has 0 heterocycles. The van der Waals surface area contributed by atoms with E-state index < -0.39 is 5.97 Å². The van der Waals surface area contributed by atoms with E-state index in [9.17, 15) is 14.0 Å². The van der Waals surface area contributed by atoms with Crippen molar-refractivity contribution in [3.8, 4) is 0 Å². The van der Waals surface area contributed by atoms with Crippen LogP contribution >= 0.6 is 23.2 Å². The molecule has 2 rings (SSSR count). The van der Waals surface area contributed by atoms with E-state index >= 15 is 0 Å². The molecule has 4 nitrogen and oxygen atoms in total. The summed E-state index contributed by atoms with van der Waals surface area (Å²) in [4.78, 5) is 25.1. The van der Waals surface area contributed by atoms with E-state index in [0.29, 0.717) is 22.2 Å². The predicted molar refractivity (Wildman–Crippen MR) is 99.3 cm³/mol. The van der Waals surface area contributed by atoms with Crippen LogP contribution in [0.5, 0.6) is 0 Å². The second kappa shape index (κ2) is 9.36. The summed E-state index contributed by atoms with van der Waals surface area (Å²) in [5, 5.41) is 0.841. The van der Waals surface area contributed by atoms with Crippen molar-refractivity contribution >= 4 is 41.2 Å². The Balaban J connectivity index is 1.81. The molecule has 0 saturated carbocycles. The van der Waals surface area contributed by atoms with E-state index in [1.165, 1.54) is 41.3 Å². The van der Waals surface area contributed by atoms with Gasteiger partial charge in [0.15, 0.2) is 6.61 Å². The summed E-state index contributed by atoms with van der Waals surface area (Å²) < 4.78 is 17.7. The van der Waals surface area contributed by atoms with E-state index in [1.807, 2.05) is 0 Å². The lowest BCUT2D eigenvalue weighted by Crippen LogP contribution is -2.30. The van der Waals surface area contributed by atoms with Crippen molar-refractivity contribution in [1.82, 2.24) is 4.90 Å². The molecule has 2 aromatic carbocycles. The third kappa shape index (κ3) is 6.17. The zero-order valence-corrected chi connectivity index (χ0v) is 15.4. The first kappa shape index (κ1) is 19.9. The maximum absolute atomic E-state index is 12.8. The smallest absolute Gasteiger partial charge is 0.331 e. The Morgan fingerprint density at radius 2 is 1.81 bits per heavy atom. The Kier molecular flexibility index (Phi) is 7.18. The van der Waals surface area contributed by atoms with Gasteiger partial charge in [0, 0.05) is 19.7 Å². The molecule has 1 amide bonds. The van der Waals surface area contributed by atoms with Gasteiger partial charge in [-0.3, -0.25) is 4.79 Å². The largest absolute Gasteiger partial charge is 0.452 e. The van der Waals surface area contributed by atoms with Crippen molar-refractivity contribution < 1.29 is 18.7 Å². The van der Waals surface area contributed by atoms with Crippen molar-refractivity contribution in [2.24, 2.45) is 0 Å². The molecule has 0 aliphatic heterocycles. The Labute approximate surface area is 160 Å². The Hall–Kier alpha value is -2.37. The molecule has 0 aliphatic carbocycles. The zero-order chi connectivity index (χ0) is 19.1. The molecule has 2 aromatic rings. The highest BCUT2D eigenvalue weighted by Gasteiger charge is 2.12. The number of hydrogen-bond acceptors (Lipinski definition) is 3. The normalized spacial score (nSPS) is 10.8. The van der Waals surface area contributed by atoms with Crippen LogP contribution in [0.3, 0.4) is 0 Å². The number of benzene rings is 2. The van der Waals surface area contributed by atoms with Crippen LogP contribution in [-0.4, -0.2) is 30.4 Å². The maximum Gasteiger partial charge on any atom is 0.331 e. The van der Waals surface area contributed by atoms with Crippen LogP contribution < -0.4 is 0 Å². The van der Waals surface area contributed by atoms with E-state index in [2.05, 4.69) is 0 Å². The van der Waals surface area contributed by atoms with Crippen molar-refractivity contribution in [2.45, 2.75) is 6.54 Å². The monoisotopic (exact) mass is 395 g/mol. The van der Waals surface area contributed by atoms with Crippen LogP contribution in [0.1, 0.15) is 11.1 Å². The van der Waals surface area contributed by atoms with Gasteiger partial charge in [-0.2, -0.15) is 0 Å². The number of ether oxygens (including phenoxy) is 1. The first-order valence-corrected chi connectivity index (χ1v) is 8.39. The molecule has 26 heavy (non-hydrogen) atoms. The first-order chi connectivity index (χ1) is 12.3. The molecule has 0 spiro atoms. The highest BCUT2D eigenvalue weighted by Crippen LogP contribution is 2.23. The number of amides is 1. The fourth-order valence-electron chi connectivity index (χ4n) is 2.03. The third-order valence-electron chi connectivity index (χ3n) is 3.45. The number of carbonyl (C=O) groups excluding carboxylic acids is 2. The molecule has 0 aliphatic rings. The Morgan fingerprint density at radius 3 is 2.46 bits per heavy atom. The van der Waals surface area contributed by atoms with Gasteiger partial charge in [-0.15, -0.1) is 0 Å². The molecular weight excluding hydrogens is 380 g/mol. The molecule has 136 valence electrons. The van der Waals surface area contributed by atoms with E-state index in [-0.39, 0.29) is 18.3 Å². The quantitative estimate of drug-likeness (QED) is 0.539. The number of hydrogen-bond donors (Lipinski definition) is 0. The van der Waals surface area contributed by atoms with E-state index in [1.54, 1.807) is 25.2 Å². The SMILES string of the molecule is CN(Cc1ccc(Cl)c(Cl)c1)C(=O)COC(=O)/C=C/c1ccc(F)cc1. The average molecular weight is 396 g/mol. The lowest BCUT2D eigenvalue weighted by atomic mass is 10.2. The molecule has 0 radical (unpaired) electrons. The summed E-state index contributed by atoms with van der Waals surface area (Å²) in [5.41, 5.74) is 1.45. The van der Waals surface area contributed by atoms with Crippen molar-refractivity contribution in [3.05, 3.63) is 75.5 Å². The van der Waals surface area contributed by atoms with Gasteiger partial charge in [0.25, 0.3) is 5.91 Å². The summed E-state index contributed by atoms with van der Waals surface area (Å²) in [6.07, 6.45) is 2.66. The lowest BCUT2D eigenvalue weighted by molar-refractivity contribution is -0.147. The van der Waals surface area contributed by atoms with Gasteiger partial charge in [0.2, 0.25) is 0 Å². The van der Waals surface area contributed by atoms with Crippen LogP contribution in [0, 0.1) is 5.82 Å². The Morgan fingerprint density at radius 1 is 1.12 bits per heavy atom. The summed E-state index contributed by atoms with van der Waals surface area (Å²) in [6.45, 7) is -0.0803. The zero-order valence-electron chi connectivity index (χ0n) is 13.9. The van der Waals surface area contributed by atoms with E-state index in [4.69, 9.17) is 27.9 Å². The number of esters is 1. The van der Waals surface area contributed by atoms with Crippen LogP contribution in [0.15, 0.2) is 48.5 Å². The van der Waals surface area contributed by atoms with Gasteiger partial charge in [0.1, 0.15) is 5.82 Å². The minimum atomic E-state index is -0.661. The number of likely N-dealkylation sites (N-methyl/N-ethyl adjacent to an activating group) is 1. The van der Waals surface area contributed by atoms with Gasteiger partial charge in [-0.1, -0.05) is 41.4 Å². The molecule has 0 aromatic heterocycles. The van der Waals surface area contributed by atoms with E-state index in [0.717, 1.165) is 5.56 Å². The van der Waals surface area contributed by atoms with Crippen LogP contribution in [0.2, 0.25) is 10.0 Å². The third-order valence-corrected chi connectivity index (χ3v) is 4.19. The highest BCUT2D eigenvalue weighted by atomic mass is 35.5. The van der Waals surface area contributed by atoms with Gasteiger partial charge < -0.3 is 9.64 Å².